The van der Waals surface area contributed by atoms with Crippen molar-refractivity contribution in [3.05, 3.63) is 29.8 Å². The normalized spacial score (nSPS) is 13.0. The second-order valence-electron chi connectivity index (χ2n) is 6.19. The van der Waals surface area contributed by atoms with Crippen molar-refractivity contribution in [2.45, 2.75) is 77.6 Å². The molecule has 1 atom stereocenters. The average Bonchev–Trinajstić information content (AvgIpc) is 2.49. The van der Waals surface area contributed by atoms with Crippen molar-refractivity contribution in [3.8, 4) is 5.75 Å². The van der Waals surface area contributed by atoms with Crippen LogP contribution in [0, 0.1) is 0 Å². The molecule has 0 saturated heterocycles. The third kappa shape index (κ3) is 9.14. The van der Waals surface area contributed by atoms with E-state index in [1.165, 1.54) is 50.5 Å². The highest BCUT2D eigenvalue weighted by atomic mass is 31.2. The monoisotopic (exact) mass is 342 g/mol. The predicted molar refractivity (Wildman–Crippen MR) is 94.8 cm³/mol. The topological polar surface area (TPSA) is 66.8 Å². The van der Waals surface area contributed by atoms with Crippen LogP contribution in [0.25, 0.3) is 0 Å². The second-order valence-corrected chi connectivity index (χ2v) is 7.36. The fourth-order valence-electron chi connectivity index (χ4n) is 2.94. The first-order valence-corrected chi connectivity index (χ1v) is 10.3. The summed E-state index contributed by atoms with van der Waals surface area (Å²) >= 11 is 0. The van der Waals surface area contributed by atoms with Gasteiger partial charge >= 0.3 is 7.82 Å². The van der Waals surface area contributed by atoms with Crippen molar-refractivity contribution in [3.63, 3.8) is 0 Å². The summed E-state index contributed by atoms with van der Waals surface area (Å²) in [5.74, 6) is 0.743. The van der Waals surface area contributed by atoms with Gasteiger partial charge in [0.05, 0.1) is 0 Å². The zero-order valence-electron chi connectivity index (χ0n) is 14.4. The molecule has 0 fully saturated rings. The van der Waals surface area contributed by atoms with Crippen molar-refractivity contribution in [2.75, 3.05) is 0 Å². The summed E-state index contributed by atoms with van der Waals surface area (Å²) < 4.78 is 15.4. The van der Waals surface area contributed by atoms with Crippen LogP contribution in [0.15, 0.2) is 24.3 Å². The van der Waals surface area contributed by atoms with Gasteiger partial charge in [0.15, 0.2) is 0 Å². The minimum atomic E-state index is -4.47. The van der Waals surface area contributed by atoms with Crippen LogP contribution in [-0.2, 0) is 4.57 Å². The zero-order chi connectivity index (χ0) is 17.1. The largest absolute Gasteiger partial charge is 0.524 e. The van der Waals surface area contributed by atoms with Crippen LogP contribution < -0.4 is 4.52 Å². The molecule has 1 aromatic carbocycles. The molecule has 0 aliphatic carbocycles. The summed E-state index contributed by atoms with van der Waals surface area (Å²) in [6.45, 7) is 4.43. The molecule has 0 heterocycles. The Balaban J connectivity index is 2.51. The highest BCUT2D eigenvalue weighted by molar-refractivity contribution is 7.46. The highest BCUT2D eigenvalue weighted by Gasteiger charge is 2.16. The van der Waals surface area contributed by atoms with E-state index in [0.29, 0.717) is 5.92 Å². The maximum Gasteiger partial charge on any atom is 0.524 e. The van der Waals surface area contributed by atoms with Gasteiger partial charge in [-0.1, -0.05) is 70.9 Å². The molecule has 1 rings (SSSR count). The van der Waals surface area contributed by atoms with E-state index >= 15 is 0 Å². The summed E-state index contributed by atoms with van der Waals surface area (Å²) in [6.07, 6.45) is 11.3. The molecule has 0 spiro atoms. The van der Waals surface area contributed by atoms with Gasteiger partial charge in [-0.2, -0.15) is 0 Å². The molecule has 0 aliphatic rings. The van der Waals surface area contributed by atoms with Gasteiger partial charge in [-0.3, -0.25) is 9.79 Å². The lowest BCUT2D eigenvalue weighted by atomic mass is 9.89. The molecule has 0 radical (unpaired) electrons. The van der Waals surface area contributed by atoms with Gasteiger partial charge in [0.1, 0.15) is 5.75 Å². The third-order valence-electron chi connectivity index (χ3n) is 4.12. The van der Waals surface area contributed by atoms with Crippen molar-refractivity contribution >= 4 is 7.82 Å². The van der Waals surface area contributed by atoms with E-state index in [0.717, 1.165) is 12.8 Å². The van der Waals surface area contributed by atoms with Crippen LogP contribution in [0.3, 0.4) is 0 Å². The van der Waals surface area contributed by atoms with Crippen LogP contribution in [0.4, 0.5) is 0 Å². The van der Waals surface area contributed by atoms with Gasteiger partial charge in [-0.05, 0) is 36.5 Å². The Morgan fingerprint density at radius 2 is 1.52 bits per heavy atom. The molecule has 0 amide bonds. The lowest BCUT2D eigenvalue weighted by molar-refractivity contribution is 0.283. The summed E-state index contributed by atoms with van der Waals surface area (Å²) in [4.78, 5) is 17.7. The van der Waals surface area contributed by atoms with Crippen LogP contribution in [0.5, 0.6) is 5.75 Å². The maximum absolute atomic E-state index is 10.8. The van der Waals surface area contributed by atoms with E-state index in [1.807, 2.05) is 12.1 Å². The number of unbranched alkanes of at least 4 members (excludes halogenated alkanes) is 5. The maximum atomic E-state index is 10.8. The van der Waals surface area contributed by atoms with E-state index in [1.54, 1.807) is 12.1 Å². The number of hydrogen-bond donors (Lipinski definition) is 2. The Labute approximate surface area is 140 Å². The lowest BCUT2D eigenvalue weighted by Crippen LogP contribution is -1.99. The summed E-state index contributed by atoms with van der Waals surface area (Å²) in [5, 5.41) is 0. The zero-order valence-corrected chi connectivity index (χ0v) is 15.3. The van der Waals surface area contributed by atoms with E-state index < -0.39 is 7.82 Å². The smallest absolute Gasteiger partial charge is 0.404 e. The molecular weight excluding hydrogens is 311 g/mol. The first kappa shape index (κ1) is 20.2. The van der Waals surface area contributed by atoms with Crippen LogP contribution in [0.2, 0.25) is 0 Å². The SMILES string of the molecule is CCCCCCCCC(CCC)c1ccc(OP(=O)(O)O)cc1. The Kier molecular flexibility index (Phi) is 9.54. The van der Waals surface area contributed by atoms with Crippen LogP contribution in [-0.4, -0.2) is 9.79 Å². The molecule has 23 heavy (non-hydrogen) atoms. The van der Waals surface area contributed by atoms with Gasteiger partial charge in [0.25, 0.3) is 0 Å². The van der Waals surface area contributed by atoms with Crippen molar-refractivity contribution in [1.29, 1.82) is 0 Å². The fraction of sp³-hybridized carbons (Fsp3) is 0.667. The molecular formula is C18H31O4P. The Morgan fingerprint density at radius 3 is 2.09 bits per heavy atom. The molecule has 5 heteroatoms. The molecule has 0 bridgehead atoms. The molecule has 0 aromatic heterocycles. The lowest BCUT2D eigenvalue weighted by Gasteiger charge is -2.17. The van der Waals surface area contributed by atoms with E-state index in [9.17, 15) is 4.57 Å². The van der Waals surface area contributed by atoms with E-state index in [-0.39, 0.29) is 5.75 Å². The predicted octanol–water partition coefficient (Wildman–Crippen LogP) is 5.79. The van der Waals surface area contributed by atoms with Crippen LogP contribution >= 0.6 is 7.82 Å². The number of benzene rings is 1. The molecule has 2 N–H and O–H groups in total. The molecule has 4 nitrogen and oxygen atoms in total. The van der Waals surface area contributed by atoms with Gasteiger partial charge in [0, 0.05) is 0 Å². The Bertz CT molecular complexity index is 466. The fourth-order valence-corrected chi connectivity index (χ4v) is 3.33. The quantitative estimate of drug-likeness (QED) is 0.372. The van der Waals surface area contributed by atoms with Crippen molar-refractivity contribution < 1.29 is 18.9 Å². The van der Waals surface area contributed by atoms with Gasteiger partial charge in [-0.15, -0.1) is 0 Å². The first-order chi connectivity index (χ1) is 11.0. The number of rotatable bonds is 12. The minimum absolute atomic E-state index is 0.219. The van der Waals surface area contributed by atoms with Gasteiger partial charge in [0.2, 0.25) is 0 Å². The van der Waals surface area contributed by atoms with Crippen molar-refractivity contribution in [2.24, 2.45) is 0 Å². The minimum Gasteiger partial charge on any atom is -0.404 e. The number of phosphoric acid groups is 1. The summed E-state index contributed by atoms with van der Waals surface area (Å²) in [7, 11) is -4.47. The van der Waals surface area contributed by atoms with Crippen LogP contribution in [0.1, 0.15) is 83.1 Å². The van der Waals surface area contributed by atoms with E-state index in [4.69, 9.17) is 9.79 Å². The standard InChI is InChI=1S/C18H31O4P/c1-3-5-6-7-8-9-11-16(10-4-2)17-12-14-18(15-13-17)22-23(19,20)21/h12-16H,3-11H2,1-2H3,(H2,19,20,21). The highest BCUT2D eigenvalue weighted by Crippen LogP contribution is 2.38. The van der Waals surface area contributed by atoms with Gasteiger partial charge < -0.3 is 4.52 Å². The van der Waals surface area contributed by atoms with Gasteiger partial charge in [-0.25, -0.2) is 4.57 Å². The number of hydrogen-bond acceptors (Lipinski definition) is 2. The van der Waals surface area contributed by atoms with Crippen molar-refractivity contribution in [1.82, 2.24) is 0 Å². The second kappa shape index (κ2) is 10.9. The number of phosphoric ester groups is 1. The molecule has 0 aliphatic heterocycles. The Morgan fingerprint density at radius 1 is 0.913 bits per heavy atom. The van der Waals surface area contributed by atoms with E-state index in [2.05, 4.69) is 18.4 Å². The average molecular weight is 342 g/mol. The Hall–Kier alpha value is -0.830. The third-order valence-corrected chi connectivity index (χ3v) is 4.57. The molecule has 1 unspecified atom stereocenters. The summed E-state index contributed by atoms with van der Waals surface area (Å²) in [5.41, 5.74) is 1.23. The first-order valence-electron chi connectivity index (χ1n) is 8.81. The molecule has 132 valence electrons. The molecule has 0 saturated carbocycles. The molecule has 1 aromatic rings. The summed E-state index contributed by atoms with van der Waals surface area (Å²) in [6, 6.07) is 7.17.